The maximum atomic E-state index is 13.8. The lowest BCUT2D eigenvalue weighted by Gasteiger charge is -2.10. The van der Waals surface area contributed by atoms with Crippen molar-refractivity contribution >= 4 is 0 Å². The summed E-state index contributed by atoms with van der Waals surface area (Å²) < 4.78 is 32.9. The Hall–Kier alpha value is -1.94. The highest BCUT2D eigenvalue weighted by Gasteiger charge is 2.13. The number of aryl methyl sites for hydroxylation is 1. The number of hydrogen-bond donors (Lipinski definition) is 1. The Morgan fingerprint density at radius 2 is 1.79 bits per heavy atom. The van der Waals surface area contributed by atoms with Crippen LogP contribution in [0.15, 0.2) is 36.4 Å². The first-order chi connectivity index (χ1) is 9.10. The van der Waals surface area contributed by atoms with Crippen molar-refractivity contribution in [3.05, 3.63) is 59.2 Å². The van der Waals surface area contributed by atoms with Crippen LogP contribution in [0.3, 0.4) is 0 Å². The molecule has 0 bridgehead atoms. The molecule has 2 nitrogen and oxygen atoms in total. The van der Waals surface area contributed by atoms with Crippen molar-refractivity contribution in [1.82, 2.24) is 0 Å². The SMILES string of the molecule is Cc1cccc(Oc2c(F)cc(CCN)cc2F)c1. The second-order valence-corrected chi connectivity index (χ2v) is 4.35. The normalized spacial score (nSPS) is 10.5. The predicted molar refractivity (Wildman–Crippen MR) is 70.4 cm³/mol. The zero-order valence-corrected chi connectivity index (χ0v) is 10.6. The van der Waals surface area contributed by atoms with Gasteiger partial charge in [-0.25, -0.2) is 8.78 Å². The van der Waals surface area contributed by atoms with Crippen LogP contribution in [-0.2, 0) is 6.42 Å². The van der Waals surface area contributed by atoms with E-state index in [9.17, 15) is 8.78 Å². The maximum Gasteiger partial charge on any atom is 0.198 e. The number of rotatable bonds is 4. The molecule has 0 radical (unpaired) electrons. The van der Waals surface area contributed by atoms with Crippen molar-refractivity contribution in [2.75, 3.05) is 6.54 Å². The van der Waals surface area contributed by atoms with Gasteiger partial charge in [0.25, 0.3) is 0 Å². The van der Waals surface area contributed by atoms with Gasteiger partial charge in [0, 0.05) is 0 Å². The summed E-state index contributed by atoms with van der Waals surface area (Å²) >= 11 is 0. The fourth-order valence-corrected chi connectivity index (χ4v) is 1.82. The summed E-state index contributed by atoms with van der Waals surface area (Å²) in [6, 6.07) is 9.52. The monoisotopic (exact) mass is 263 g/mol. The molecule has 0 saturated carbocycles. The van der Waals surface area contributed by atoms with Crippen LogP contribution in [0.4, 0.5) is 8.78 Å². The molecule has 0 atom stereocenters. The summed E-state index contributed by atoms with van der Waals surface area (Å²) in [5.74, 6) is -1.41. The summed E-state index contributed by atoms with van der Waals surface area (Å²) in [5.41, 5.74) is 6.84. The largest absolute Gasteiger partial charge is 0.451 e. The van der Waals surface area contributed by atoms with E-state index in [0.717, 1.165) is 5.56 Å². The van der Waals surface area contributed by atoms with Gasteiger partial charge in [0.05, 0.1) is 0 Å². The van der Waals surface area contributed by atoms with Crippen molar-refractivity contribution in [2.45, 2.75) is 13.3 Å². The van der Waals surface area contributed by atoms with Crippen molar-refractivity contribution in [3.63, 3.8) is 0 Å². The van der Waals surface area contributed by atoms with Crippen LogP contribution in [0.5, 0.6) is 11.5 Å². The van der Waals surface area contributed by atoms with E-state index >= 15 is 0 Å². The molecule has 2 rings (SSSR count). The number of benzene rings is 2. The number of halogens is 2. The molecule has 0 aromatic heterocycles. The fourth-order valence-electron chi connectivity index (χ4n) is 1.82. The molecule has 2 aromatic carbocycles. The summed E-state index contributed by atoms with van der Waals surface area (Å²) in [6.07, 6.45) is 0.429. The van der Waals surface area contributed by atoms with Gasteiger partial charge in [-0.15, -0.1) is 0 Å². The predicted octanol–water partition coefficient (Wildman–Crippen LogP) is 3.57. The van der Waals surface area contributed by atoms with Crippen molar-refractivity contribution < 1.29 is 13.5 Å². The molecule has 0 saturated heterocycles. The summed E-state index contributed by atoms with van der Waals surface area (Å²) in [4.78, 5) is 0. The average Bonchev–Trinajstić information content (AvgIpc) is 2.34. The Balaban J connectivity index is 2.30. The zero-order chi connectivity index (χ0) is 13.8. The summed E-state index contributed by atoms with van der Waals surface area (Å²) in [6.45, 7) is 2.22. The van der Waals surface area contributed by atoms with E-state index in [1.807, 2.05) is 13.0 Å². The molecule has 0 unspecified atom stereocenters. The van der Waals surface area contributed by atoms with Crippen molar-refractivity contribution in [1.29, 1.82) is 0 Å². The topological polar surface area (TPSA) is 35.2 Å². The van der Waals surface area contributed by atoms with Gasteiger partial charge in [-0.3, -0.25) is 0 Å². The van der Waals surface area contributed by atoms with Gasteiger partial charge in [0.1, 0.15) is 5.75 Å². The van der Waals surface area contributed by atoms with Gasteiger partial charge >= 0.3 is 0 Å². The summed E-state index contributed by atoms with van der Waals surface area (Å²) in [5, 5.41) is 0. The van der Waals surface area contributed by atoms with E-state index in [0.29, 0.717) is 24.3 Å². The zero-order valence-electron chi connectivity index (χ0n) is 10.6. The molecule has 0 fully saturated rings. The third kappa shape index (κ3) is 3.29. The molecule has 0 spiro atoms. The highest BCUT2D eigenvalue weighted by Crippen LogP contribution is 2.29. The summed E-state index contributed by atoms with van der Waals surface area (Å²) in [7, 11) is 0. The molecule has 0 aliphatic heterocycles. The Labute approximate surface area is 110 Å². The van der Waals surface area contributed by atoms with Crippen molar-refractivity contribution in [2.24, 2.45) is 5.73 Å². The second-order valence-electron chi connectivity index (χ2n) is 4.35. The minimum Gasteiger partial charge on any atom is -0.451 e. The van der Waals surface area contributed by atoms with Gasteiger partial charge in [-0.05, 0) is 55.3 Å². The van der Waals surface area contributed by atoms with Gasteiger partial charge in [0.2, 0.25) is 0 Å². The van der Waals surface area contributed by atoms with Gasteiger partial charge < -0.3 is 10.5 Å². The van der Waals surface area contributed by atoms with Crippen LogP contribution in [-0.4, -0.2) is 6.54 Å². The number of hydrogen-bond acceptors (Lipinski definition) is 2. The van der Waals surface area contributed by atoms with Crippen LogP contribution in [0, 0.1) is 18.6 Å². The lowest BCUT2D eigenvalue weighted by atomic mass is 10.1. The lowest BCUT2D eigenvalue weighted by Crippen LogP contribution is -2.04. The van der Waals surface area contributed by atoms with Crippen LogP contribution >= 0.6 is 0 Å². The molecule has 2 aromatic rings. The highest BCUT2D eigenvalue weighted by atomic mass is 19.1. The Morgan fingerprint density at radius 3 is 2.37 bits per heavy atom. The van der Waals surface area contributed by atoms with Crippen LogP contribution in [0.1, 0.15) is 11.1 Å². The first-order valence-electron chi connectivity index (χ1n) is 6.02. The molecule has 0 heterocycles. The quantitative estimate of drug-likeness (QED) is 0.915. The van der Waals surface area contributed by atoms with Crippen molar-refractivity contribution in [3.8, 4) is 11.5 Å². The Bertz CT molecular complexity index is 561. The van der Waals surface area contributed by atoms with E-state index in [2.05, 4.69) is 0 Å². The standard InChI is InChI=1S/C15H15F2NO/c1-10-3-2-4-12(7-10)19-15-13(16)8-11(5-6-18)9-14(15)17/h2-4,7-9H,5-6,18H2,1H3. The smallest absolute Gasteiger partial charge is 0.198 e. The first kappa shape index (κ1) is 13.5. The van der Waals surface area contributed by atoms with Gasteiger partial charge in [-0.2, -0.15) is 0 Å². The van der Waals surface area contributed by atoms with Gasteiger partial charge in [0.15, 0.2) is 17.4 Å². The second kappa shape index (κ2) is 5.80. The first-order valence-corrected chi connectivity index (χ1v) is 6.02. The molecule has 0 aliphatic carbocycles. The number of nitrogens with two attached hydrogens (primary N) is 1. The molecule has 19 heavy (non-hydrogen) atoms. The minimum absolute atomic E-state index is 0.344. The molecule has 100 valence electrons. The molecule has 0 amide bonds. The Kier molecular flexibility index (Phi) is 4.12. The third-order valence-electron chi connectivity index (χ3n) is 2.70. The van der Waals surface area contributed by atoms with E-state index < -0.39 is 11.6 Å². The van der Waals surface area contributed by atoms with Crippen LogP contribution in [0.2, 0.25) is 0 Å². The number of ether oxygens (including phenoxy) is 1. The minimum atomic E-state index is -0.718. The van der Waals surface area contributed by atoms with Crippen LogP contribution in [0.25, 0.3) is 0 Å². The molecule has 2 N–H and O–H groups in total. The van der Waals surface area contributed by atoms with E-state index in [1.165, 1.54) is 12.1 Å². The lowest BCUT2D eigenvalue weighted by molar-refractivity contribution is 0.406. The Morgan fingerprint density at radius 1 is 1.11 bits per heavy atom. The maximum absolute atomic E-state index is 13.8. The third-order valence-corrected chi connectivity index (χ3v) is 2.70. The molecule has 0 aliphatic rings. The molecular weight excluding hydrogens is 248 g/mol. The molecule has 4 heteroatoms. The van der Waals surface area contributed by atoms with Crippen LogP contribution < -0.4 is 10.5 Å². The van der Waals surface area contributed by atoms with Gasteiger partial charge in [-0.1, -0.05) is 12.1 Å². The molecular formula is C15H15F2NO. The van der Waals surface area contributed by atoms with E-state index in [1.54, 1.807) is 18.2 Å². The highest BCUT2D eigenvalue weighted by molar-refractivity contribution is 5.37. The van der Waals surface area contributed by atoms with E-state index in [-0.39, 0.29) is 5.75 Å². The fraction of sp³-hybridized carbons (Fsp3) is 0.200. The average molecular weight is 263 g/mol. The van der Waals surface area contributed by atoms with E-state index in [4.69, 9.17) is 10.5 Å².